The average Bonchev–Trinajstić information content (AvgIpc) is 3.69. The Labute approximate surface area is 221 Å². The highest BCUT2D eigenvalue weighted by molar-refractivity contribution is 7.93. The molecule has 0 radical (unpaired) electrons. The molecule has 8 nitrogen and oxygen atoms in total. The number of anilines is 2. The fraction of sp³-hybridized carbons (Fsp3) is 0.172. The number of aromatic nitrogens is 2. The van der Waals surface area contributed by atoms with Crippen LogP contribution in [0.3, 0.4) is 0 Å². The van der Waals surface area contributed by atoms with E-state index in [0.29, 0.717) is 29.3 Å². The molecule has 0 saturated heterocycles. The summed E-state index contributed by atoms with van der Waals surface area (Å²) < 4.78 is 41.2. The monoisotopic (exact) mass is 526 g/mol. The van der Waals surface area contributed by atoms with Crippen molar-refractivity contribution < 1.29 is 17.4 Å². The molecule has 0 fully saturated rings. The Morgan fingerprint density at radius 2 is 1.68 bits per heavy atom. The van der Waals surface area contributed by atoms with Crippen LogP contribution in [-0.4, -0.2) is 31.8 Å². The largest absolute Gasteiger partial charge is 0.445 e. The van der Waals surface area contributed by atoms with Gasteiger partial charge in [0.15, 0.2) is 0 Å². The fourth-order valence-electron chi connectivity index (χ4n) is 4.80. The van der Waals surface area contributed by atoms with Crippen molar-refractivity contribution in [3.8, 4) is 22.6 Å². The van der Waals surface area contributed by atoms with Gasteiger partial charge >= 0.3 is 0 Å². The molecule has 0 spiro atoms. The molecule has 3 aromatic carbocycles. The molecule has 192 valence electrons. The third kappa shape index (κ3) is 4.14. The summed E-state index contributed by atoms with van der Waals surface area (Å²) in [5, 5.41) is 4.06. The van der Waals surface area contributed by atoms with E-state index in [1.807, 2.05) is 68.4 Å². The third-order valence-electron chi connectivity index (χ3n) is 6.97. The van der Waals surface area contributed by atoms with Crippen molar-refractivity contribution in [3.63, 3.8) is 0 Å². The zero-order valence-electron chi connectivity index (χ0n) is 21.0. The van der Waals surface area contributed by atoms with Crippen LogP contribution in [0.2, 0.25) is 0 Å². The van der Waals surface area contributed by atoms with E-state index in [9.17, 15) is 8.42 Å². The molecule has 0 amide bonds. The van der Waals surface area contributed by atoms with Crippen LogP contribution in [-0.2, 0) is 16.4 Å². The van der Waals surface area contributed by atoms with E-state index >= 15 is 0 Å². The highest BCUT2D eigenvalue weighted by Crippen LogP contribution is 2.36. The number of benzene rings is 3. The van der Waals surface area contributed by atoms with Crippen molar-refractivity contribution in [2.45, 2.75) is 25.2 Å². The van der Waals surface area contributed by atoms with Crippen molar-refractivity contribution in [2.75, 3.05) is 22.4 Å². The summed E-state index contributed by atoms with van der Waals surface area (Å²) >= 11 is 0. The smallest absolute Gasteiger partial charge is 0.268 e. The van der Waals surface area contributed by atoms with Crippen molar-refractivity contribution in [2.24, 2.45) is 0 Å². The molecule has 1 aliphatic rings. The van der Waals surface area contributed by atoms with E-state index in [-0.39, 0.29) is 17.4 Å². The lowest BCUT2D eigenvalue weighted by Gasteiger charge is -2.29. The summed E-state index contributed by atoms with van der Waals surface area (Å²) in [5.74, 6) is 0.728. The lowest BCUT2D eigenvalue weighted by atomic mass is 10.0. The Hall–Kier alpha value is -4.37. The average molecular weight is 527 g/mol. The second-order valence-corrected chi connectivity index (χ2v) is 11.1. The SMILES string of the molecule is Cc1noc(N(CN2CCc3ccccc32)S(=O)(=O)c2ccccc2-c2ccc(-c3ncco3)cc2)c1C. The van der Waals surface area contributed by atoms with Crippen LogP contribution in [0.1, 0.15) is 16.8 Å². The molecule has 0 saturated carbocycles. The maximum atomic E-state index is 14.4. The third-order valence-corrected chi connectivity index (χ3v) is 8.75. The van der Waals surface area contributed by atoms with E-state index in [1.54, 1.807) is 18.3 Å². The van der Waals surface area contributed by atoms with Crippen LogP contribution in [0, 0.1) is 13.8 Å². The van der Waals surface area contributed by atoms with E-state index in [4.69, 9.17) is 8.94 Å². The van der Waals surface area contributed by atoms with Crippen molar-refractivity contribution in [3.05, 3.63) is 102 Å². The van der Waals surface area contributed by atoms with Gasteiger partial charge in [0.2, 0.25) is 11.8 Å². The molecule has 0 N–H and O–H groups in total. The highest BCUT2D eigenvalue weighted by Gasteiger charge is 2.34. The molecule has 9 heteroatoms. The van der Waals surface area contributed by atoms with Gasteiger partial charge in [-0.15, -0.1) is 0 Å². The van der Waals surface area contributed by atoms with Crippen LogP contribution < -0.4 is 9.21 Å². The molecule has 6 rings (SSSR count). The minimum absolute atomic E-state index is 0.103. The van der Waals surface area contributed by atoms with Gasteiger partial charge in [0.1, 0.15) is 12.9 Å². The maximum absolute atomic E-state index is 14.4. The van der Waals surface area contributed by atoms with Gasteiger partial charge < -0.3 is 13.8 Å². The second-order valence-electron chi connectivity index (χ2n) is 9.25. The molecule has 0 bridgehead atoms. The Morgan fingerprint density at radius 1 is 0.947 bits per heavy atom. The number of hydrogen-bond acceptors (Lipinski definition) is 7. The molecule has 0 aliphatic carbocycles. The lowest BCUT2D eigenvalue weighted by Crippen LogP contribution is -2.41. The number of hydrogen-bond donors (Lipinski definition) is 0. The highest BCUT2D eigenvalue weighted by atomic mass is 32.2. The molecule has 0 atom stereocenters. The van der Waals surface area contributed by atoms with Crippen LogP contribution in [0.4, 0.5) is 11.6 Å². The second kappa shape index (κ2) is 9.50. The minimum atomic E-state index is -4.06. The van der Waals surface area contributed by atoms with E-state index in [1.165, 1.54) is 16.1 Å². The first-order chi connectivity index (χ1) is 18.4. The normalized spacial score (nSPS) is 13.1. The zero-order chi connectivity index (χ0) is 26.3. The lowest BCUT2D eigenvalue weighted by molar-refractivity contribution is 0.418. The molecule has 3 heterocycles. The molecular formula is C29H26N4O4S. The number of sulfonamides is 1. The number of rotatable bonds is 7. The first kappa shape index (κ1) is 24.0. The van der Waals surface area contributed by atoms with Gasteiger partial charge in [-0.1, -0.05) is 53.7 Å². The minimum Gasteiger partial charge on any atom is -0.445 e. The summed E-state index contributed by atoms with van der Waals surface area (Å²) in [6.07, 6.45) is 3.96. The number of fused-ring (bicyclic) bond motifs is 1. The Kier molecular flexibility index (Phi) is 6.00. The summed E-state index contributed by atoms with van der Waals surface area (Å²) in [6.45, 7) is 4.45. The summed E-state index contributed by atoms with van der Waals surface area (Å²) in [7, 11) is -4.06. The van der Waals surface area contributed by atoms with Gasteiger partial charge in [-0.25, -0.2) is 17.7 Å². The predicted molar refractivity (Wildman–Crippen MR) is 145 cm³/mol. The number of oxazole rings is 1. The van der Waals surface area contributed by atoms with Gasteiger partial charge in [0.05, 0.1) is 16.8 Å². The van der Waals surface area contributed by atoms with Gasteiger partial charge in [-0.3, -0.25) is 0 Å². The maximum Gasteiger partial charge on any atom is 0.268 e. The number of para-hydroxylation sites is 1. The van der Waals surface area contributed by atoms with Crippen molar-refractivity contribution >= 4 is 21.6 Å². The van der Waals surface area contributed by atoms with Crippen LogP contribution in [0.25, 0.3) is 22.6 Å². The Morgan fingerprint density at radius 3 is 2.42 bits per heavy atom. The van der Waals surface area contributed by atoms with Gasteiger partial charge in [-0.05, 0) is 55.7 Å². The molecule has 2 aromatic heterocycles. The van der Waals surface area contributed by atoms with E-state index in [2.05, 4.69) is 21.1 Å². The van der Waals surface area contributed by atoms with Gasteiger partial charge in [0.25, 0.3) is 10.0 Å². The Bertz CT molecular complexity index is 1690. The van der Waals surface area contributed by atoms with Gasteiger partial charge in [-0.2, -0.15) is 0 Å². The summed E-state index contributed by atoms with van der Waals surface area (Å²) in [5.41, 5.74) is 5.72. The Balaban J connectivity index is 1.42. The van der Waals surface area contributed by atoms with E-state index < -0.39 is 10.0 Å². The summed E-state index contributed by atoms with van der Waals surface area (Å²) in [4.78, 5) is 6.44. The zero-order valence-corrected chi connectivity index (χ0v) is 21.9. The molecule has 38 heavy (non-hydrogen) atoms. The van der Waals surface area contributed by atoms with E-state index in [0.717, 1.165) is 23.2 Å². The molecular weight excluding hydrogens is 500 g/mol. The quantitative estimate of drug-likeness (QED) is 0.263. The summed E-state index contributed by atoms with van der Waals surface area (Å²) in [6, 6.07) is 22.6. The van der Waals surface area contributed by atoms with Crippen LogP contribution in [0.15, 0.2) is 99.1 Å². The van der Waals surface area contributed by atoms with Crippen molar-refractivity contribution in [1.29, 1.82) is 0 Å². The van der Waals surface area contributed by atoms with Crippen LogP contribution in [0.5, 0.6) is 0 Å². The van der Waals surface area contributed by atoms with Crippen molar-refractivity contribution in [1.82, 2.24) is 10.1 Å². The molecule has 5 aromatic rings. The first-order valence-corrected chi connectivity index (χ1v) is 13.8. The number of aryl methyl sites for hydroxylation is 1. The fourth-order valence-corrected chi connectivity index (χ4v) is 6.43. The first-order valence-electron chi connectivity index (χ1n) is 12.3. The van der Waals surface area contributed by atoms with Gasteiger partial charge in [0, 0.05) is 28.9 Å². The topological polar surface area (TPSA) is 92.7 Å². The standard InChI is InChI=1S/C29H26N4O4S/c1-20-21(2)31-37-29(20)33(19-32-17-15-23-7-3-5-9-26(23)32)38(34,35)27-10-6-4-8-25(27)22-11-13-24(14-12-22)28-30-16-18-36-28/h3-14,16,18H,15,17,19H2,1-2H3. The number of nitrogens with zero attached hydrogens (tertiary/aromatic N) is 4. The van der Waals surface area contributed by atoms with Crippen LogP contribution >= 0.6 is 0 Å². The molecule has 1 aliphatic heterocycles. The predicted octanol–water partition coefficient (Wildman–Crippen LogP) is 5.83. The molecule has 0 unspecified atom stereocenters.